The Morgan fingerprint density at radius 2 is 1.82 bits per heavy atom. The molecule has 1 aliphatic rings. The molecule has 0 unspecified atom stereocenters. The fraction of sp³-hybridized carbons (Fsp3) is 0.407. The van der Waals surface area contributed by atoms with Gasteiger partial charge in [0.2, 0.25) is 0 Å². The highest BCUT2D eigenvalue weighted by molar-refractivity contribution is 6.06. The SMILES string of the molecule is CNC(=O)c1cc(=O)n(CCN2CCC(NCc3cc(C(F)(F)F)ccc3F)CC2)c2cc(OC)ccc12. The minimum atomic E-state index is -4.52. The molecule has 204 valence electrons. The first kappa shape index (κ1) is 27.6. The van der Waals surface area contributed by atoms with E-state index in [0.29, 0.717) is 35.3 Å². The summed E-state index contributed by atoms with van der Waals surface area (Å²) in [6.45, 7) is 2.45. The number of nitrogens with zero attached hydrogens (tertiary/aromatic N) is 2. The highest BCUT2D eigenvalue weighted by Gasteiger charge is 2.31. The normalized spacial score (nSPS) is 15.1. The lowest BCUT2D eigenvalue weighted by Crippen LogP contribution is -2.43. The Morgan fingerprint density at radius 1 is 1.08 bits per heavy atom. The lowest BCUT2D eigenvalue weighted by molar-refractivity contribution is -0.137. The topological polar surface area (TPSA) is 75.6 Å². The number of likely N-dealkylation sites (tertiary alicyclic amines) is 1. The summed E-state index contributed by atoms with van der Waals surface area (Å²) in [7, 11) is 3.05. The number of amides is 1. The summed E-state index contributed by atoms with van der Waals surface area (Å²) in [5.41, 5.74) is -0.256. The van der Waals surface area contributed by atoms with Gasteiger partial charge in [-0.3, -0.25) is 9.59 Å². The summed E-state index contributed by atoms with van der Waals surface area (Å²) in [4.78, 5) is 27.5. The molecule has 2 heterocycles. The fourth-order valence-electron chi connectivity index (χ4n) is 4.78. The maximum Gasteiger partial charge on any atom is 0.416 e. The molecular weight excluding hydrogens is 504 g/mol. The van der Waals surface area contributed by atoms with Crippen LogP contribution in [0, 0.1) is 5.82 Å². The molecule has 0 saturated carbocycles. The summed E-state index contributed by atoms with van der Waals surface area (Å²) >= 11 is 0. The number of hydrogen-bond donors (Lipinski definition) is 2. The number of aromatic nitrogens is 1. The number of alkyl halides is 3. The molecule has 3 aromatic rings. The van der Waals surface area contributed by atoms with Gasteiger partial charge in [-0.2, -0.15) is 13.2 Å². The van der Waals surface area contributed by atoms with Crippen molar-refractivity contribution in [3.63, 3.8) is 0 Å². The number of methoxy groups -OCH3 is 1. The number of halogens is 4. The number of carbonyl (C=O) groups excluding carboxylic acids is 1. The van der Waals surface area contributed by atoms with Crippen LogP contribution >= 0.6 is 0 Å². The molecule has 1 amide bonds. The largest absolute Gasteiger partial charge is 0.497 e. The van der Waals surface area contributed by atoms with Crippen LogP contribution in [0.3, 0.4) is 0 Å². The van der Waals surface area contributed by atoms with Gasteiger partial charge in [-0.1, -0.05) is 0 Å². The number of benzene rings is 2. The van der Waals surface area contributed by atoms with Crippen LogP contribution in [0.15, 0.2) is 47.3 Å². The first-order valence-corrected chi connectivity index (χ1v) is 12.4. The third-order valence-electron chi connectivity index (χ3n) is 6.97. The molecule has 0 aliphatic carbocycles. The van der Waals surface area contributed by atoms with E-state index in [-0.39, 0.29) is 29.6 Å². The molecule has 4 rings (SSSR count). The summed E-state index contributed by atoms with van der Waals surface area (Å²) in [6.07, 6.45) is -3.05. The molecule has 1 fully saturated rings. The summed E-state index contributed by atoms with van der Waals surface area (Å²) in [5, 5.41) is 6.39. The molecule has 2 N–H and O–H groups in total. The number of rotatable bonds is 8. The summed E-state index contributed by atoms with van der Waals surface area (Å²) in [6, 6.07) is 9.08. The van der Waals surface area contributed by atoms with Crippen molar-refractivity contribution < 1.29 is 27.1 Å². The average molecular weight is 535 g/mol. The van der Waals surface area contributed by atoms with Crippen LogP contribution in [0.2, 0.25) is 0 Å². The van der Waals surface area contributed by atoms with Crippen LogP contribution < -0.4 is 20.9 Å². The van der Waals surface area contributed by atoms with E-state index in [0.717, 1.165) is 44.1 Å². The molecule has 0 radical (unpaired) electrons. The monoisotopic (exact) mass is 534 g/mol. The summed E-state index contributed by atoms with van der Waals surface area (Å²) < 4.78 is 59.9. The molecule has 7 nitrogen and oxygen atoms in total. The van der Waals surface area contributed by atoms with Crippen molar-refractivity contribution in [3.8, 4) is 5.75 Å². The second-order valence-corrected chi connectivity index (χ2v) is 9.31. The van der Waals surface area contributed by atoms with Crippen LogP contribution in [0.25, 0.3) is 10.9 Å². The van der Waals surface area contributed by atoms with Crippen molar-refractivity contribution in [3.05, 3.63) is 75.3 Å². The highest BCUT2D eigenvalue weighted by Crippen LogP contribution is 2.30. The number of ether oxygens (including phenoxy) is 1. The lowest BCUT2D eigenvalue weighted by atomic mass is 10.0. The highest BCUT2D eigenvalue weighted by atomic mass is 19.4. The maximum absolute atomic E-state index is 14.0. The molecule has 0 spiro atoms. The average Bonchev–Trinajstić information content (AvgIpc) is 2.90. The van der Waals surface area contributed by atoms with Crippen LogP contribution in [0.4, 0.5) is 17.6 Å². The number of pyridine rings is 1. The van der Waals surface area contributed by atoms with Crippen molar-refractivity contribution in [2.75, 3.05) is 33.8 Å². The Bertz CT molecular complexity index is 1360. The van der Waals surface area contributed by atoms with Crippen molar-refractivity contribution in [2.24, 2.45) is 0 Å². The smallest absolute Gasteiger partial charge is 0.416 e. The van der Waals surface area contributed by atoms with Crippen molar-refractivity contribution in [1.29, 1.82) is 0 Å². The van der Waals surface area contributed by atoms with Gasteiger partial charge in [0, 0.05) is 55.8 Å². The molecule has 0 bridgehead atoms. The van der Waals surface area contributed by atoms with Gasteiger partial charge >= 0.3 is 6.18 Å². The second kappa shape index (κ2) is 11.5. The zero-order valence-corrected chi connectivity index (χ0v) is 21.2. The Morgan fingerprint density at radius 3 is 2.47 bits per heavy atom. The minimum absolute atomic E-state index is 0.0101. The van der Waals surface area contributed by atoms with E-state index in [2.05, 4.69) is 15.5 Å². The zero-order chi connectivity index (χ0) is 27.4. The number of piperidine rings is 1. The molecule has 0 atom stereocenters. The van der Waals surface area contributed by atoms with Crippen molar-refractivity contribution in [1.82, 2.24) is 20.1 Å². The molecule has 2 aromatic carbocycles. The maximum atomic E-state index is 14.0. The van der Waals surface area contributed by atoms with Gasteiger partial charge in [-0.15, -0.1) is 0 Å². The Balaban J connectivity index is 1.38. The third-order valence-corrected chi connectivity index (χ3v) is 6.97. The predicted octanol–water partition coefficient (Wildman–Crippen LogP) is 3.78. The Kier molecular flexibility index (Phi) is 8.37. The third kappa shape index (κ3) is 6.16. The first-order valence-electron chi connectivity index (χ1n) is 12.4. The van der Waals surface area contributed by atoms with E-state index in [9.17, 15) is 27.2 Å². The van der Waals surface area contributed by atoms with Crippen LogP contribution in [0.1, 0.15) is 34.3 Å². The fourth-order valence-corrected chi connectivity index (χ4v) is 4.78. The predicted molar refractivity (Wildman–Crippen MR) is 136 cm³/mol. The Hall–Kier alpha value is -3.44. The van der Waals surface area contributed by atoms with Crippen molar-refractivity contribution in [2.45, 2.75) is 38.1 Å². The lowest BCUT2D eigenvalue weighted by Gasteiger charge is -2.32. The van der Waals surface area contributed by atoms with Gasteiger partial charge in [0.05, 0.1) is 23.8 Å². The molecule has 1 aromatic heterocycles. The molecule has 1 aliphatic heterocycles. The van der Waals surface area contributed by atoms with E-state index in [1.54, 1.807) is 22.8 Å². The zero-order valence-electron chi connectivity index (χ0n) is 21.2. The molecule has 11 heteroatoms. The minimum Gasteiger partial charge on any atom is -0.497 e. The number of carbonyl (C=O) groups is 1. The number of nitrogens with one attached hydrogen (secondary N) is 2. The molecule has 1 saturated heterocycles. The van der Waals surface area contributed by atoms with Gasteiger partial charge in [0.1, 0.15) is 11.6 Å². The van der Waals surface area contributed by atoms with Gasteiger partial charge in [-0.25, -0.2) is 4.39 Å². The van der Waals surface area contributed by atoms with Crippen LogP contribution in [-0.4, -0.2) is 55.2 Å². The van der Waals surface area contributed by atoms with Crippen LogP contribution in [0.5, 0.6) is 5.75 Å². The van der Waals surface area contributed by atoms with E-state index in [4.69, 9.17) is 4.74 Å². The summed E-state index contributed by atoms with van der Waals surface area (Å²) in [5.74, 6) is -0.438. The first-order chi connectivity index (χ1) is 18.1. The Labute approximate surface area is 217 Å². The standard InChI is InChI=1S/C27H30F4N4O3/c1-32-26(37)22-15-25(36)35(24-14-20(38-2)4-5-21(22)24)12-11-34-9-7-19(8-10-34)33-16-17-13-18(27(29,30)31)3-6-23(17)28/h3-6,13-15,19,33H,7-12,16H2,1-2H3,(H,32,37). The van der Waals surface area contributed by atoms with Gasteiger partial charge in [0.25, 0.3) is 11.5 Å². The number of fused-ring (bicyclic) bond motifs is 1. The van der Waals surface area contributed by atoms with Crippen molar-refractivity contribution >= 4 is 16.8 Å². The van der Waals surface area contributed by atoms with E-state index in [1.807, 2.05) is 0 Å². The second-order valence-electron chi connectivity index (χ2n) is 9.31. The quantitative estimate of drug-likeness (QED) is 0.431. The van der Waals surface area contributed by atoms with E-state index >= 15 is 0 Å². The van der Waals surface area contributed by atoms with E-state index in [1.165, 1.54) is 20.2 Å². The van der Waals surface area contributed by atoms with Gasteiger partial charge in [0.15, 0.2) is 0 Å². The van der Waals surface area contributed by atoms with Gasteiger partial charge < -0.3 is 24.8 Å². The molecular formula is C27H30F4N4O3. The van der Waals surface area contributed by atoms with Gasteiger partial charge in [-0.05, 0) is 56.3 Å². The van der Waals surface area contributed by atoms with Crippen LogP contribution in [-0.2, 0) is 19.3 Å². The number of hydrogen-bond acceptors (Lipinski definition) is 5. The van der Waals surface area contributed by atoms with E-state index < -0.39 is 17.6 Å². The molecule has 38 heavy (non-hydrogen) atoms.